The van der Waals surface area contributed by atoms with Crippen LogP contribution in [0.2, 0.25) is 0 Å². The number of carbonyl (C=O) groups excluding carboxylic acids is 1. The molecule has 0 fully saturated rings. The average molecular weight is 248 g/mol. The van der Waals surface area contributed by atoms with Gasteiger partial charge < -0.3 is 11.5 Å². The third-order valence-corrected chi connectivity index (χ3v) is 5.58. The lowest BCUT2D eigenvalue weighted by molar-refractivity contribution is 0.100. The molecule has 0 spiro atoms. The number of rotatable bonds is 1. The number of nitrogen functional groups attached to an aromatic ring is 1. The molecule has 0 atom stereocenters. The van der Waals surface area contributed by atoms with Crippen molar-refractivity contribution in [3.63, 3.8) is 0 Å². The number of anilines is 1. The lowest BCUT2D eigenvalue weighted by atomic mass is 10.4. The fourth-order valence-corrected chi connectivity index (χ4v) is 5.16. The van der Waals surface area contributed by atoms with Crippen LogP contribution in [-0.2, 0) is 0 Å². The van der Waals surface area contributed by atoms with Crippen LogP contribution < -0.4 is 11.5 Å². The van der Waals surface area contributed by atoms with E-state index in [1.54, 1.807) is 0 Å². The van der Waals surface area contributed by atoms with Crippen LogP contribution in [0.4, 0.5) is 5.69 Å². The van der Waals surface area contributed by atoms with Crippen molar-refractivity contribution in [1.82, 2.24) is 0 Å². The summed E-state index contributed by atoms with van der Waals surface area (Å²) in [6.07, 6.45) is 0. The Morgan fingerprint density at radius 3 is 2.54 bits per heavy atom. The van der Waals surface area contributed by atoms with Gasteiger partial charge in [0.2, 0.25) is 0 Å². The summed E-state index contributed by atoms with van der Waals surface area (Å²) in [5, 5.41) is 0. The highest BCUT2D eigenvalue weighted by molar-refractivity contribution is 7.77. The van der Waals surface area contributed by atoms with Crippen molar-refractivity contribution in [2.45, 2.75) is 0 Å². The van der Waals surface area contributed by atoms with Crippen LogP contribution in [-0.4, -0.2) is 5.91 Å². The highest BCUT2D eigenvalue weighted by Gasteiger charge is 2.15. The summed E-state index contributed by atoms with van der Waals surface area (Å²) in [5.41, 5.74) is 11.4. The first-order valence-electron chi connectivity index (χ1n) is 3.21. The fourth-order valence-electron chi connectivity index (χ4n) is 0.934. The third kappa shape index (κ3) is 1.37. The van der Waals surface area contributed by atoms with Gasteiger partial charge in [0.25, 0.3) is 5.91 Å². The molecular formula is C6H4N2OS4. The zero-order valence-corrected chi connectivity index (χ0v) is 9.46. The minimum absolute atomic E-state index is 0.438. The van der Waals surface area contributed by atoms with Crippen molar-refractivity contribution in [1.29, 1.82) is 0 Å². The molecule has 2 aromatic heterocycles. The second-order valence-corrected chi connectivity index (χ2v) is 6.78. The van der Waals surface area contributed by atoms with Gasteiger partial charge in [-0.2, -0.15) is 0 Å². The molecular weight excluding hydrogens is 244 g/mol. The van der Waals surface area contributed by atoms with Gasteiger partial charge in [-0.05, 0) is 0 Å². The predicted octanol–water partition coefficient (Wildman–Crippen LogP) is 2.43. The van der Waals surface area contributed by atoms with Gasteiger partial charge in [-0.25, -0.2) is 0 Å². The van der Waals surface area contributed by atoms with Crippen LogP contribution in [0.5, 0.6) is 0 Å². The number of fused-ring (bicyclic) bond motifs is 1. The second kappa shape index (κ2) is 3.02. The molecule has 1 amide bonds. The second-order valence-electron chi connectivity index (χ2n) is 2.28. The molecule has 0 aliphatic carbocycles. The molecule has 0 saturated heterocycles. The van der Waals surface area contributed by atoms with Crippen molar-refractivity contribution in [2.75, 3.05) is 5.73 Å². The maximum absolute atomic E-state index is 10.9. The van der Waals surface area contributed by atoms with Crippen LogP contribution in [0.15, 0.2) is 0 Å². The van der Waals surface area contributed by atoms with E-state index in [2.05, 4.69) is 0 Å². The zero-order chi connectivity index (χ0) is 9.59. The summed E-state index contributed by atoms with van der Waals surface area (Å²) >= 11 is 9.22. The SMILES string of the molecule is NC(=O)c1sc2sc(=S)sc2c1N. The molecule has 3 nitrogen and oxygen atoms in total. The van der Waals surface area contributed by atoms with Gasteiger partial charge in [-0.15, -0.1) is 34.0 Å². The maximum atomic E-state index is 10.9. The van der Waals surface area contributed by atoms with Crippen molar-refractivity contribution in [3.05, 3.63) is 8.01 Å². The highest BCUT2D eigenvalue weighted by Crippen LogP contribution is 2.40. The molecule has 0 radical (unpaired) electrons. The average Bonchev–Trinajstić information content (AvgIpc) is 2.51. The van der Waals surface area contributed by atoms with Crippen LogP contribution in [0.3, 0.4) is 0 Å². The third-order valence-electron chi connectivity index (χ3n) is 1.45. The van der Waals surface area contributed by atoms with Crippen LogP contribution in [0, 0.1) is 3.14 Å². The first kappa shape index (κ1) is 9.07. The number of hydrogen-bond acceptors (Lipinski definition) is 6. The van der Waals surface area contributed by atoms with Gasteiger partial charge in [0.1, 0.15) is 12.0 Å². The van der Waals surface area contributed by atoms with Crippen LogP contribution in [0.1, 0.15) is 9.67 Å². The van der Waals surface area contributed by atoms with Gasteiger partial charge >= 0.3 is 0 Å². The van der Waals surface area contributed by atoms with Crippen LogP contribution in [0.25, 0.3) is 8.71 Å². The van der Waals surface area contributed by atoms with E-state index in [1.165, 1.54) is 34.0 Å². The van der Waals surface area contributed by atoms with E-state index in [9.17, 15) is 4.79 Å². The number of primary amides is 1. The smallest absolute Gasteiger partial charge is 0.260 e. The fraction of sp³-hybridized carbons (Fsp3) is 0. The lowest BCUT2D eigenvalue weighted by Gasteiger charge is -1.89. The molecule has 2 heterocycles. The number of nitrogens with two attached hydrogens (primary N) is 2. The molecule has 0 aliphatic rings. The summed E-state index contributed by atoms with van der Waals surface area (Å²) in [6.45, 7) is 0. The summed E-state index contributed by atoms with van der Waals surface area (Å²) < 4.78 is 2.71. The summed E-state index contributed by atoms with van der Waals surface area (Å²) in [5.74, 6) is -0.469. The normalized spacial score (nSPS) is 10.8. The van der Waals surface area contributed by atoms with E-state index >= 15 is 0 Å². The van der Waals surface area contributed by atoms with Gasteiger partial charge in [-0.3, -0.25) is 4.79 Å². The molecule has 0 bridgehead atoms. The van der Waals surface area contributed by atoms with Gasteiger partial charge in [0, 0.05) is 0 Å². The van der Waals surface area contributed by atoms with Crippen molar-refractivity contribution in [2.24, 2.45) is 5.73 Å². The van der Waals surface area contributed by atoms with Crippen LogP contribution >= 0.6 is 46.2 Å². The van der Waals surface area contributed by atoms with Crippen molar-refractivity contribution >= 4 is 66.5 Å². The zero-order valence-electron chi connectivity index (χ0n) is 6.20. The van der Waals surface area contributed by atoms with Gasteiger partial charge in [0.15, 0.2) is 0 Å². The first-order valence-corrected chi connectivity index (χ1v) is 6.07. The lowest BCUT2D eigenvalue weighted by Crippen LogP contribution is -2.10. The van der Waals surface area contributed by atoms with E-state index in [4.69, 9.17) is 23.7 Å². The van der Waals surface area contributed by atoms with Gasteiger partial charge in [-0.1, -0.05) is 12.2 Å². The first-order chi connectivity index (χ1) is 6.09. The highest BCUT2D eigenvalue weighted by atomic mass is 32.2. The van der Waals surface area contributed by atoms with E-state index in [1.807, 2.05) is 0 Å². The van der Waals surface area contributed by atoms with E-state index in [-0.39, 0.29) is 0 Å². The minimum Gasteiger partial charge on any atom is -0.396 e. The number of hydrogen-bond donors (Lipinski definition) is 2. The van der Waals surface area contributed by atoms with E-state index < -0.39 is 5.91 Å². The molecule has 2 rings (SSSR count). The minimum atomic E-state index is -0.469. The maximum Gasteiger partial charge on any atom is 0.260 e. The molecule has 0 aromatic carbocycles. The quantitative estimate of drug-likeness (QED) is 0.762. The summed E-state index contributed by atoms with van der Waals surface area (Å²) in [7, 11) is 0. The van der Waals surface area contributed by atoms with E-state index in [0.717, 1.165) is 11.9 Å². The monoisotopic (exact) mass is 248 g/mol. The van der Waals surface area contributed by atoms with Gasteiger partial charge in [0.05, 0.1) is 10.4 Å². The molecule has 4 N–H and O–H groups in total. The Balaban J connectivity index is 2.84. The Morgan fingerprint density at radius 1 is 1.31 bits per heavy atom. The Hall–Kier alpha value is -0.500. The van der Waals surface area contributed by atoms with E-state index in [0.29, 0.717) is 10.6 Å². The molecule has 0 unspecified atom stereocenters. The molecule has 7 heteroatoms. The largest absolute Gasteiger partial charge is 0.396 e. The Bertz CT molecular complexity index is 534. The molecule has 0 saturated carbocycles. The summed E-state index contributed by atoms with van der Waals surface area (Å²) in [4.78, 5) is 11.3. The van der Waals surface area contributed by atoms with Crippen molar-refractivity contribution in [3.8, 4) is 0 Å². The number of carbonyl (C=O) groups is 1. The number of amides is 1. The molecule has 68 valence electrons. The molecule has 13 heavy (non-hydrogen) atoms. The Labute approximate surface area is 90.6 Å². The molecule has 2 aromatic rings. The Morgan fingerprint density at radius 2 is 2.00 bits per heavy atom. The Kier molecular flexibility index (Phi) is 2.11. The standard InChI is InChI=1S/C6H4N2OS4/c7-1-2(4(8)9)11-5-3(1)12-6(10)13-5/h7H2,(H2,8,9). The summed E-state index contributed by atoms with van der Waals surface area (Å²) in [6, 6.07) is 0. The topological polar surface area (TPSA) is 69.1 Å². The predicted molar refractivity (Wildman–Crippen MR) is 61.3 cm³/mol. The molecule has 0 aliphatic heterocycles. The number of thiophene rings is 1. The van der Waals surface area contributed by atoms with Crippen molar-refractivity contribution < 1.29 is 4.79 Å².